The number of carbonyl (C=O) groups excluding carboxylic acids is 1. The van der Waals surface area contributed by atoms with Crippen LogP contribution in [0.3, 0.4) is 0 Å². The van der Waals surface area contributed by atoms with Crippen molar-refractivity contribution in [1.82, 2.24) is 4.31 Å². The molecule has 3 rings (SSSR count). The van der Waals surface area contributed by atoms with Crippen LogP contribution in [-0.4, -0.2) is 38.3 Å². The molecule has 2 aromatic carbocycles. The molecule has 26 heavy (non-hydrogen) atoms. The van der Waals surface area contributed by atoms with Crippen molar-refractivity contribution in [3.05, 3.63) is 54.1 Å². The molecule has 1 amide bonds. The van der Waals surface area contributed by atoms with Gasteiger partial charge in [0.05, 0.1) is 11.4 Å². The number of carbonyl (C=O) groups is 1. The zero-order chi connectivity index (χ0) is 18.6. The Kier molecular flexibility index (Phi) is 5.58. The first-order chi connectivity index (χ1) is 12.4. The van der Waals surface area contributed by atoms with E-state index in [0.29, 0.717) is 18.8 Å². The summed E-state index contributed by atoms with van der Waals surface area (Å²) >= 11 is 0. The molecule has 0 aromatic heterocycles. The molecule has 1 fully saturated rings. The second-order valence-electron chi connectivity index (χ2n) is 6.41. The maximum Gasteiger partial charge on any atom is 0.243 e. The predicted molar refractivity (Wildman–Crippen MR) is 103 cm³/mol. The topological polar surface area (TPSA) is 78.5 Å². The number of hydrogen-bond acceptors (Lipinski definition) is 4. The van der Waals surface area contributed by atoms with Crippen LogP contribution in [0, 0.1) is 6.92 Å². The van der Waals surface area contributed by atoms with Crippen LogP contribution >= 0.6 is 0 Å². The lowest BCUT2D eigenvalue weighted by Gasteiger charge is -2.15. The van der Waals surface area contributed by atoms with Crippen LogP contribution < -0.4 is 10.6 Å². The Morgan fingerprint density at radius 1 is 1.04 bits per heavy atom. The van der Waals surface area contributed by atoms with E-state index in [1.807, 2.05) is 31.2 Å². The van der Waals surface area contributed by atoms with E-state index in [0.717, 1.165) is 24.1 Å². The molecule has 138 valence electrons. The third kappa shape index (κ3) is 4.42. The summed E-state index contributed by atoms with van der Waals surface area (Å²) in [7, 11) is -3.41. The van der Waals surface area contributed by atoms with E-state index in [-0.39, 0.29) is 17.3 Å². The average Bonchev–Trinajstić information content (AvgIpc) is 3.16. The maximum atomic E-state index is 12.5. The minimum absolute atomic E-state index is 0.103. The second kappa shape index (κ2) is 7.88. The molecule has 1 saturated heterocycles. The number of sulfonamides is 1. The number of benzene rings is 2. The molecule has 0 radical (unpaired) electrons. The van der Waals surface area contributed by atoms with Crippen molar-refractivity contribution in [1.29, 1.82) is 0 Å². The molecule has 0 aliphatic carbocycles. The fourth-order valence-corrected chi connectivity index (χ4v) is 4.45. The summed E-state index contributed by atoms with van der Waals surface area (Å²) < 4.78 is 26.5. The van der Waals surface area contributed by atoms with Crippen LogP contribution in [0.1, 0.15) is 18.4 Å². The number of anilines is 2. The average molecular weight is 373 g/mol. The van der Waals surface area contributed by atoms with E-state index < -0.39 is 10.0 Å². The highest BCUT2D eigenvalue weighted by molar-refractivity contribution is 7.89. The van der Waals surface area contributed by atoms with Crippen molar-refractivity contribution in [2.75, 3.05) is 30.3 Å². The van der Waals surface area contributed by atoms with E-state index in [1.165, 1.54) is 4.31 Å². The van der Waals surface area contributed by atoms with Gasteiger partial charge in [0.1, 0.15) is 0 Å². The summed E-state index contributed by atoms with van der Waals surface area (Å²) in [5, 5.41) is 5.83. The van der Waals surface area contributed by atoms with Gasteiger partial charge in [-0.15, -0.1) is 0 Å². The van der Waals surface area contributed by atoms with Gasteiger partial charge < -0.3 is 10.6 Å². The number of nitrogens with zero attached hydrogens (tertiary/aromatic N) is 1. The van der Waals surface area contributed by atoms with Crippen molar-refractivity contribution in [2.45, 2.75) is 24.7 Å². The van der Waals surface area contributed by atoms with Crippen LogP contribution in [-0.2, 0) is 14.8 Å². The predicted octanol–water partition coefficient (Wildman–Crippen LogP) is 2.83. The van der Waals surface area contributed by atoms with Gasteiger partial charge in [-0.05, 0) is 61.7 Å². The number of hydrogen-bond donors (Lipinski definition) is 2. The lowest BCUT2D eigenvalue weighted by Crippen LogP contribution is -2.27. The molecule has 7 heteroatoms. The van der Waals surface area contributed by atoms with E-state index >= 15 is 0 Å². The van der Waals surface area contributed by atoms with Gasteiger partial charge in [0.15, 0.2) is 0 Å². The molecule has 0 atom stereocenters. The summed E-state index contributed by atoms with van der Waals surface area (Å²) in [5.41, 5.74) is 2.53. The molecule has 2 aromatic rings. The zero-order valence-electron chi connectivity index (χ0n) is 14.7. The third-order valence-corrected chi connectivity index (χ3v) is 6.22. The van der Waals surface area contributed by atoms with Crippen molar-refractivity contribution in [3.8, 4) is 0 Å². The Hall–Kier alpha value is -2.38. The first kappa shape index (κ1) is 18.4. The molecular weight excluding hydrogens is 350 g/mol. The van der Waals surface area contributed by atoms with Gasteiger partial charge in [0.2, 0.25) is 15.9 Å². The first-order valence-electron chi connectivity index (χ1n) is 8.66. The second-order valence-corrected chi connectivity index (χ2v) is 8.34. The highest BCUT2D eigenvalue weighted by atomic mass is 32.2. The van der Waals surface area contributed by atoms with Crippen LogP contribution in [0.25, 0.3) is 0 Å². The smallest absolute Gasteiger partial charge is 0.243 e. The summed E-state index contributed by atoms with van der Waals surface area (Å²) in [6, 6.07) is 14.1. The molecule has 2 N–H and O–H groups in total. The lowest BCUT2D eigenvalue weighted by atomic mass is 10.2. The van der Waals surface area contributed by atoms with Gasteiger partial charge in [0.25, 0.3) is 0 Å². The summed E-state index contributed by atoms with van der Waals surface area (Å²) in [6.07, 6.45) is 1.82. The molecule has 0 saturated carbocycles. The molecule has 0 unspecified atom stereocenters. The lowest BCUT2D eigenvalue weighted by molar-refractivity contribution is -0.114. The van der Waals surface area contributed by atoms with Crippen molar-refractivity contribution < 1.29 is 13.2 Å². The Labute approximate surface area is 154 Å². The quantitative estimate of drug-likeness (QED) is 0.816. The largest absolute Gasteiger partial charge is 0.376 e. The van der Waals surface area contributed by atoms with Gasteiger partial charge in [-0.2, -0.15) is 4.31 Å². The summed E-state index contributed by atoms with van der Waals surface area (Å²) in [4.78, 5) is 12.3. The number of amides is 1. The number of nitrogens with one attached hydrogen (secondary N) is 2. The van der Waals surface area contributed by atoms with Crippen LogP contribution in [0.4, 0.5) is 11.4 Å². The first-order valence-corrected chi connectivity index (χ1v) is 10.1. The van der Waals surface area contributed by atoms with E-state index in [1.54, 1.807) is 24.3 Å². The van der Waals surface area contributed by atoms with Crippen molar-refractivity contribution >= 4 is 27.3 Å². The zero-order valence-corrected chi connectivity index (χ0v) is 15.6. The SMILES string of the molecule is Cc1cccc(NC(=O)CNc2ccc(S(=O)(=O)N3CCCC3)cc2)c1. The molecular formula is C19H23N3O3S. The molecule has 6 nitrogen and oxygen atoms in total. The number of rotatable bonds is 6. The van der Waals surface area contributed by atoms with Crippen molar-refractivity contribution in [2.24, 2.45) is 0 Å². The molecule has 0 bridgehead atoms. The van der Waals surface area contributed by atoms with Gasteiger partial charge in [-0.3, -0.25) is 4.79 Å². The Balaban J connectivity index is 1.56. The Morgan fingerprint density at radius 2 is 1.73 bits per heavy atom. The Morgan fingerprint density at radius 3 is 2.38 bits per heavy atom. The third-order valence-electron chi connectivity index (χ3n) is 4.31. The molecule has 1 heterocycles. The summed E-state index contributed by atoms with van der Waals surface area (Å²) in [5.74, 6) is -0.163. The standard InChI is InChI=1S/C19H23N3O3S/c1-15-5-4-6-17(13-15)21-19(23)14-20-16-7-9-18(10-8-16)26(24,25)22-11-2-3-12-22/h4-10,13,20H,2-3,11-12,14H2,1H3,(H,21,23). The summed E-state index contributed by atoms with van der Waals surface area (Å²) in [6.45, 7) is 3.24. The van der Waals surface area contributed by atoms with Crippen LogP contribution in [0.2, 0.25) is 0 Å². The highest BCUT2D eigenvalue weighted by Crippen LogP contribution is 2.22. The monoisotopic (exact) mass is 373 g/mol. The maximum absolute atomic E-state index is 12.5. The fourth-order valence-electron chi connectivity index (χ4n) is 2.93. The van der Waals surface area contributed by atoms with Gasteiger partial charge >= 0.3 is 0 Å². The molecule has 0 spiro atoms. The minimum Gasteiger partial charge on any atom is -0.376 e. The van der Waals surface area contributed by atoms with Crippen molar-refractivity contribution in [3.63, 3.8) is 0 Å². The van der Waals surface area contributed by atoms with Gasteiger partial charge in [0, 0.05) is 24.5 Å². The normalized spacial score (nSPS) is 15.0. The minimum atomic E-state index is -3.41. The number of aryl methyl sites for hydroxylation is 1. The molecule has 1 aliphatic heterocycles. The van der Waals surface area contributed by atoms with Crippen LogP contribution in [0.15, 0.2) is 53.4 Å². The van der Waals surface area contributed by atoms with Crippen LogP contribution in [0.5, 0.6) is 0 Å². The highest BCUT2D eigenvalue weighted by Gasteiger charge is 2.26. The van der Waals surface area contributed by atoms with Gasteiger partial charge in [-0.1, -0.05) is 12.1 Å². The van der Waals surface area contributed by atoms with E-state index in [2.05, 4.69) is 10.6 Å². The molecule has 1 aliphatic rings. The fraction of sp³-hybridized carbons (Fsp3) is 0.316. The van der Waals surface area contributed by atoms with E-state index in [4.69, 9.17) is 0 Å². The van der Waals surface area contributed by atoms with Gasteiger partial charge in [-0.25, -0.2) is 8.42 Å². The van der Waals surface area contributed by atoms with E-state index in [9.17, 15) is 13.2 Å². The Bertz CT molecular complexity index is 873.